The van der Waals surface area contributed by atoms with Crippen molar-refractivity contribution in [1.29, 1.82) is 0 Å². The Morgan fingerprint density at radius 2 is 2.28 bits per heavy atom. The molecule has 3 aromatic rings. The molecule has 90 valence electrons. The first-order valence-corrected chi connectivity index (χ1v) is 5.21. The minimum absolute atomic E-state index is 0.135. The number of hydrogen-bond acceptors (Lipinski definition) is 5. The Morgan fingerprint density at radius 1 is 1.39 bits per heavy atom. The van der Waals surface area contributed by atoms with Crippen molar-refractivity contribution >= 4 is 17.0 Å². The summed E-state index contributed by atoms with van der Waals surface area (Å²) in [6.07, 6.45) is 1.54. The molecule has 0 aliphatic carbocycles. The number of carboxylic acid groups (broad SMARTS) is 1. The molecule has 3 rings (SSSR count). The number of hydrogen-bond donors (Lipinski definition) is 1. The zero-order valence-electron chi connectivity index (χ0n) is 9.15. The number of aromatic carboxylic acids is 1. The Bertz CT molecular complexity index is 702. The quantitative estimate of drug-likeness (QED) is 0.743. The lowest BCUT2D eigenvalue weighted by Crippen LogP contribution is -2.01. The van der Waals surface area contributed by atoms with Crippen molar-refractivity contribution in [2.45, 2.75) is 6.54 Å². The molecule has 0 saturated heterocycles. The van der Waals surface area contributed by atoms with Crippen LogP contribution in [0.4, 0.5) is 0 Å². The van der Waals surface area contributed by atoms with Crippen LogP contribution in [0.5, 0.6) is 0 Å². The van der Waals surface area contributed by atoms with Crippen LogP contribution in [0, 0.1) is 0 Å². The third kappa shape index (κ3) is 1.61. The first kappa shape index (κ1) is 10.5. The highest BCUT2D eigenvalue weighted by molar-refractivity contribution is 6.00. The molecule has 1 aromatic carbocycles. The van der Waals surface area contributed by atoms with Gasteiger partial charge in [-0.05, 0) is 12.1 Å². The molecule has 2 heterocycles. The maximum atomic E-state index is 11.0. The van der Waals surface area contributed by atoms with E-state index in [-0.39, 0.29) is 5.56 Å². The minimum Gasteiger partial charge on any atom is -0.478 e. The van der Waals surface area contributed by atoms with Crippen LogP contribution in [0.25, 0.3) is 11.0 Å². The molecular formula is C11H8N4O3. The second-order valence-electron chi connectivity index (χ2n) is 3.70. The van der Waals surface area contributed by atoms with Gasteiger partial charge in [-0.1, -0.05) is 16.4 Å². The molecular weight excluding hydrogens is 236 g/mol. The zero-order chi connectivity index (χ0) is 12.5. The van der Waals surface area contributed by atoms with Crippen molar-refractivity contribution in [3.05, 3.63) is 41.8 Å². The molecule has 0 bridgehead atoms. The first-order valence-electron chi connectivity index (χ1n) is 5.21. The summed E-state index contributed by atoms with van der Waals surface area (Å²) in [6.45, 7) is 0.361. The molecule has 0 saturated carbocycles. The number of carboxylic acids is 1. The van der Waals surface area contributed by atoms with Crippen LogP contribution in [0.3, 0.4) is 0 Å². The Kier molecular flexibility index (Phi) is 2.30. The number of nitrogens with zero attached hydrogens (tertiary/aromatic N) is 4. The van der Waals surface area contributed by atoms with Gasteiger partial charge in [0.1, 0.15) is 12.1 Å². The lowest BCUT2D eigenvalue weighted by atomic mass is 10.2. The first-order chi connectivity index (χ1) is 8.75. The fraction of sp³-hybridized carbons (Fsp3) is 0.0909. The van der Waals surface area contributed by atoms with Gasteiger partial charge in [0.2, 0.25) is 0 Å². The number of benzene rings is 1. The SMILES string of the molecule is O=C(O)c1cccc2c1nnn2Cc1ccno1. The van der Waals surface area contributed by atoms with Crippen LogP contribution < -0.4 is 0 Å². The molecule has 1 N–H and O–H groups in total. The van der Waals surface area contributed by atoms with Gasteiger partial charge in [0, 0.05) is 6.07 Å². The van der Waals surface area contributed by atoms with Gasteiger partial charge in [-0.25, -0.2) is 9.48 Å². The predicted octanol–water partition coefficient (Wildman–Crippen LogP) is 1.17. The fourth-order valence-electron chi connectivity index (χ4n) is 1.75. The van der Waals surface area contributed by atoms with Gasteiger partial charge in [0.05, 0.1) is 17.3 Å². The molecule has 18 heavy (non-hydrogen) atoms. The third-order valence-corrected chi connectivity index (χ3v) is 2.57. The van der Waals surface area contributed by atoms with Crippen LogP contribution in [0.2, 0.25) is 0 Å². The van der Waals surface area contributed by atoms with Crippen molar-refractivity contribution in [3.63, 3.8) is 0 Å². The van der Waals surface area contributed by atoms with E-state index in [1.54, 1.807) is 22.9 Å². The molecule has 7 heteroatoms. The van der Waals surface area contributed by atoms with Gasteiger partial charge in [0.25, 0.3) is 0 Å². The lowest BCUT2D eigenvalue weighted by molar-refractivity contribution is 0.0699. The van der Waals surface area contributed by atoms with E-state index in [1.807, 2.05) is 0 Å². The van der Waals surface area contributed by atoms with Gasteiger partial charge in [-0.15, -0.1) is 5.10 Å². The predicted molar refractivity (Wildman–Crippen MR) is 60.1 cm³/mol. The van der Waals surface area contributed by atoms with Crippen LogP contribution in [0.15, 0.2) is 35.0 Å². The summed E-state index contributed by atoms with van der Waals surface area (Å²) in [4.78, 5) is 11.0. The summed E-state index contributed by atoms with van der Waals surface area (Å²) in [5, 5.41) is 20.5. The van der Waals surface area contributed by atoms with E-state index in [2.05, 4.69) is 15.5 Å². The largest absolute Gasteiger partial charge is 0.478 e. The van der Waals surface area contributed by atoms with E-state index in [4.69, 9.17) is 9.63 Å². The summed E-state index contributed by atoms with van der Waals surface area (Å²) >= 11 is 0. The normalized spacial score (nSPS) is 10.9. The average molecular weight is 244 g/mol. The number of aromatic nitrogens is 4. The molecule has 0 radical (unpaired) electrons. The van der Waals surface area contributed by atoms with Crippen molar-refractivity contribution < 1.29 is 14.4 Å². The third-order valence-electron chi connectivity index (χ3n) is 2.57. The highest BCUT2D eigenvalue weighted by Gasteiger charge is 2.14. The summed E-state index contributed by atoms with van der Waals surface area (Å²) < 4.78 is 6.55. The standard InChI is InChI=1S/C11H8N4O3/c16-11(17)8-2-1-3-9-10(8)13-14-15(9)6-7-4-5-12-18-7/h1-5H,6H2,(H,16,17). The lowest BCUT2D eigenvalue weighted by Gasteiger charge is -1.99. The van der Waals surface area contributed by atoms with E-state index < -0.39 is 5.97 Å². The van der Waals surface area contributed by atoms with Crippen LogP contribution in [0.1, 0.15) is 16.1 Å². The zero-order valence-corrected chi connectivity index (χ0v) is 9.15. The summed E-state index contributed by atoms with van der Waals surface area (Å²) in [6, 6.07) is 6.64. The number of carbonyl (C=O) groups is 1. The Labute approximate surface area is 101 Å². The molecule has 0 spiro atoms. The second kappa shape index (κ2) is 3.95. The Hall–Kier alpha value is -2.70. The minimum atomic E-state index is -1.02. The molecule has 0 aliphatic rings. The van der Waals surface area contributed by atoms with Gasteiger partial charge in [0.15, 0.2) is 5.76 Å². The summed E-state index contributed by atoms with van der Waals surface area (Å²) in [5.74, 6) is -0.394. The highest BCUT2D eigenvalue weighted by Crippen LogP contribution is 2.17. The van der Waals surface area contributed by atoms with Gasteiger partial charge in [-0.2, -0.15) is 0 Å². The van der Waals surface area contributed by atoms with E-state index in [0.717, 1.165) is 0 Å². The van der Waals surface area contributed by atoms with Crippen LogP contribution >= 0.6 is 0 Å². The van der Waals surface area contributed by atoms with Crippen molar-refractivity contribution in [2.75, 3.05) is 0 Å². The van der Waals surface area contributed by atoms with Gasteiger partial charge < -0.3 is 9.63 Å². The molecule has 7 nitrogen and oxygen atoms in total. The van der Waals surface area contributed by atoms with E-state index in [0.29, 0.717) is 23.3 Å². The van der Waals surface area contributed by atoms with Gasteiger partial charge in [-0.3, -0.25) is 0 Å². The summed E-state index contributed by atoms with van der Waals surface area (Å²) in [5.41, 5.74) is 1.15. The number of rotatable bonds is 3. The monoisotopic (exact) mass is 244 g/mol. The van der Waals surface area contributed by atoms with E-state index >= 15 is 0 Å². The van der Waals surface area contributed by atoms with Crippen molar-refractivity contribution in [3.8, 4) is 0 Å². The summed E-state index contributed by atoms with van der Waals surface area (Å²) in [7, 11) is 0. The molecule has 0 unspecified atom stereocenters. The second-order valence-corrected chi connectivity index (χ2v) is 3.70. The van der Waals surface area contributed by atoms with Crippen molar-refractivity contribution in [2.24, 2.45) is 0 Å². The van der Waals surface area contributed by atoms with Crippen LogP contribution in [-0.4, -0.2) is 31.2 Å². The van der Waals surface area contributed by atoms with Crippen LogP contribution in [-0.2, 0) is 6.54 Å². The Balaban J connectivity index is 2.09. The number of fused-ring (bicyclic) bond motifs is 1. The molecule has 0 amide bonds. The van der Waals surface area contributed by atoms with Gasteiger partial charge >= 0.3 is 5.97 Å². The maximum absolute atomic E-state index is 11.0. The topological polar surface area (TPSA) is 94.0 Å². The molecule has 0 aliphatic heterocycles. The molecule has 0 fully saturated rings. The van der Waals surface area contributed by atoms with Crippen molar-refractivity contribution in [1.82, 2.24) is 20.2 Å². The fourth-order valence-corrected chi connectivity index (χ4v) is 1.75. The maximum Gasteiger partial charge on any atom is 0.338 e. The van der Waals surface area contributed by atoms with E-state index in [9.17, 15) is 4.79 Å². The highest BCUT2D eigenvalue weighted by atomic mass is 16.5. The molecule has 2 aromatic heterocycles. The molecule has 0 atom stereocenters. The smallest absolute Gasteiger partial charge is 0.338 e. The van der Waals surface area contributed by atoms with E-state index in [1.165, 1.54) is 12.3 Å². The average Bonchev–Trinajstić information content (AvgIpc) is 2.99. The Morgan fingerprint density at radius 3 is 3.00 bits per heavy atom.